The van der Waals surface area contributed by atoms with Crippen LogP contribution in [-0.2, 0) is 5.41 Å². The highest BCUT2D eigenvalue weighted by molar-refractivity contribution is 5.23. The van der Waals surface area contributed by atoms with Gasteiger partial charge in [-0.3, -0.25) is 4.98 Å². The normalized spacial score (nSPS) is 12.6. The van der Waals surface area contributed by atoms with E-state index in [1.165, 1.54) is 6.42 Å². The smallest absolute Gasteiger partial charge is 0.137 e. The summed E-state index contributed by atoms with van der Waals surface area (Å²) in [7, 11) is 0. The van der Waals surface area contributed by atoms with Gasteiger partial charge in [0.25, 0.3) is 0 Å². The van der Waals surface area contributed by atoms with Gasteiger partial charge in [-0.25, -0.2) is 0 Å². The first-order valence-corrected chi connectivity index (χ1v) is 6.78. The van der Waals surface area contributed by atoms with E-state index in [0.717, 1.165) is 24.5 Å². The molecule has 1 aromatic rings. The second-order valence-corrected chi connectivity index (χ2v) is 7.14. The minimum Gasteiger partial charge on any atom is -0.492 e. The SMILES string of the molecule is CC(C)(C)CCCOc1ccc(C(C)(C)C)nc1. The maximum absolute atomic E-state index is 5.71. The second-order valence-electron chi connectivity index (χ2n) is 7.14. The van der Waals surface area contributed by atoms with E-state index in [4.69, 9.17) is 4.74 Å². The molecule has 0 radical (unpaired) electrons. The summed E-state index contributed by atoms with van der Waals surface area (Å²) in [6.45, 7) is 14.0. The van der Waals surface area contributed by atoms with Crippen molar-refractivity contribution < 1.29 is 4.74 Å². The van der Waals surface area contributed by atoms with Crippen molar-refractivity contribution in [1.82, 2.24) is 4.98 Å². The third kappa shape index (κ3) is 5.52. The highest BCUT2D eigenvalue weighted by Gasteiger charge is 2.15. The molecule has 102 valence electrons. The number of hydrogen-bond donors (Lipinski definition) is 0. The monoisotopic (exact) mass is 249 g/mol. The molecule has 0 aliphatic heterocycles. The molecule has 0 aromatic carbocycles. The molecule has 0 N–H and O–H groups in total. The maximum atomic E-state index is 5.71. The average molecular weight is 249 g/mol. The van der Waals surface area contributed by atoms with Gasteiger partial charge in [0.2, 0.25) is 0 Å². The fourth-order valence-corrected chi connectivity index (χ4v) is 1.70. The molecule has 0 unspecified atom stereocenters. The number of aromatic nitrogens is 1. The summed E-state index contributed by atoms with van der Waals surface area (Å²) in [6.07, 6.45) is 4.10. The molecule has 0 amide bonds. The van der Waals surface area contributed by atoms with Crippen LogP contribution in [0.2, 0.25) is 0 Å². The summed E-state index contributed by atoms with van der Waals surface area (Å²) in [5, 5.41) is 0. The molecule has 2 heteroatoms. The Morgan fingerprint density at radius 2 is 1.72 bits per heavy atom. The summed E-state index contributed by atoms with van der Waals surface area (Å²) in [6, 6.07) is 4.07. The first kappa shape index (κ1) is 15.0. The van der Waals surface area contributed by atoms with E-state index in [9.17, 15) is 0 Å². The minimum absolute atomic E-state index is 0.102. The van der Waals surface area contributed by atoms with Crippen molar-refractivity contribution in [2.24, 2.45) is 5.41 Å². The number of hydrogen-bond acceptors (Lipinski definition) is 2. The van der Waals surface area contributed by atoms with Gasteiger partial charge in [0, 0.05) is 11.1 Å². The molecule has 18 heavy (non-hydrogen) atoms. The third-order valence-electron chi connectivity index (χ3n) is 2.84. The Balaban J connectivity index is 2.41. The molecular weight excluding hydrogens is 222 g/mol. The Kier molecular flexibility index (Phi) is 4.78. The van der Waals surface area contributed by atoms with Crippen LogP contribution in [0.3, 0.4) is 0 Å². The lowest BCUT2D eigenvalue weighted by Crippen LogP contribution is -2.13. The predicted octanol–water partition coefficient (Wildman–Crippen LogP) is 4.58. The minimum atomic E-state index is 0.102. The van der Waals surface area contributed by atoms with Gasteiger partial charge in [-0.2, -0.15) is 0 Å². The van der Waals surface area contributed by atoms with Crippen LogP contribution < -0.4 is 4.74 Å². The largest absolute Gasteiger partial charge is 0.492 e. The number of nitrogens with zero attached hydrogens (tertiary/aromatic N) is 1. The van der Waals surface area contributed by atoms with Crippen LogP contribution in [0.15, 0.2) is 18.3 Å². The van der Waals surface area contributed by atoms with Crippen LogP contribution in [0.5, 0.6) is 5.75 Å². The van der Waals surface area contributed by atoms with Crippen molar-refractivity contribution in [3.63, 3.8) is 0 Å². The van der Waals surface area contributed by atoms with Crippen molar-refractivity contribution in [2.45, 2.75) is 59.8 Å². The van der Waals surface area contributed by atoms with Gasteiger partial charge in [-0.15, -0.1) is 0 Å². The molecule has 1 rings (SSSR count). The molecular formula is C16H27NO. The lowest BCUT2D eigenvalue weighted by atomic mass is 9.91. The molecule has 0 saturated carbocycles. The number of rotatable bonds is 4. The van der Waals surface area contributed by atoms with Crippen LogP contribution in [0.4, 0.5) is 0 Å². The number of pyridine rings is 1. The zero-order chi connectivity index (χ0) is 13.8. The predicted molar refractivity (Wildman–Crippen MR) is 77.1 cm³/mol. The molecule has 0 saturated heterocycles. The van der Waals surface area contributed by atoms with E-state index < -0.39 is 0 Å². The van der Waals surface area contributed by atoms with Crippen LogP contribution in [0.1, 0.15) is 60.1 Å². The zero-order valence-corrected chi connectivity index (χ0v) is 12.7. The third-order valence-corrected chi connectivity index (χ3v) is 2.84. The number of ether oxygens (including phenoxy) is 1. The molecule has 0 bridgehead atoms. The van der Waals surface area contributed by atoms with Gasteiger partial charge in [0.15, 0.2) is 0 Å². The van der Waals surface area contributed by atoms with Crippen molar-refractivity contribution in [3.8, 4) is 5.75 Å². The van der Waals surface area contributed by atoms with E-state index >= 15 is 0 Å². The Morgan fingerprint density at radius 1 is 1.06 bits per heavy atom. The van der Waals surface area contributed by atoms with Crippen LogP contribution in [-0.4, -0.2) is 11.6 Å². The topological polar surface area (TPSA) is 22.1 Å². The Bertz CT molecular complexity index is 354. The van der Waals surface area contributed by atoms with E-state index in [-0.39, 0.29) is 5.41 Å². The standard InChI is InChI=1S/C16H27NO/c1-15(2,3)10-7-11-18-13-8-9-14(17-12-13)16(4,5)6/h8-9,12H,7,10-11H2,1-6H3. The second kappa shape index (κ2) is 5.73. The van der Waals surface area contributed by atoms with Gasteiger partial charge in [-0.05, 0) is 30.4 Å². The highest BCUT2D eigenvalue weighted by Crippen LogP contribution is 2.23. The van der Waals surface area contributed by atoms with E-state index in [1.54, 1.807) is 0 Å². The van der Waals surface area contributed by atoms with Gasteiger partial charge in [0.05, 0.1) is 12.8 Å². The molecule has 1 aromatic heterocycles. The maximum Gasteiger partial charge on any atom is 0.137 e. The van der Waals surface area contributed by atoms with E-state index in [0.29, 0.717) is 5.41 Å². The molecule has 1 heterocycles. The van der Waals surface area contributed by atoms with Gasteiger partial charge in [0.1, 0.15) is 5.75 Å². The molecule has 2 nitrogen and oxygen atoms in total. The molecule has 0 fully saturated rings. The van der Waals surface area contributed by atoms with Gasteiger partial charge >= 0.3 is 0 Å². The Morgan fingerprint density at radius 3 is 2.17 bits per heavy atom. The van der Waals surface area contributed by atoms with Crippen LogP contribution >= 0.6 is 0 Å². The van der Waals surface area contributed by atoms with Crippen LogP contribution in [0.25, 0.3) is 0 Å². The van der Waals surface area contributed by atoms with Crippen molar-refractivity contribution in [2.75, 3.05) is 6.61 Å². The fraction of sp³-hybridized carbons (Fsp3) is 0.688. The van der Waals surface area contributed by atoms with E-state index in [1.807, 2.05) is 12.3 Å². The quantitative estimate of drug-likeness (QED) is 0.728. The molecule has 0 atom stereocenters. The summed E-state index contributed by atoms with van der Waals surface area (Å²) >= 11 is 0. The van der Waals surface area contributed by atoms with E-state index in [2.05, 4.69) is 52.6 Å². The first-order chi connectivity index (χ1) is 8.18. The van der Waals surface area contributed by atoms with Crippen LogP contribution in [0, 0.1) is 5.41 Å². The Hall–Kier alpha value is -1.05. The summed E-state index contributed by atoms with van der Waals surface area (Å²) in [4.78, 5) is 4.45. The van der Waals surface area contributed by atoms with Gasteiger partial charge < -0.3 is 4.74 Å². The van der Waals surface area contributed by atoms with Crippen molar-refractivity contribution in [1.29, 1.82) is 0 Å². The molecule has 0 aliphatic rings. The Labute approximate surface area is 112 Å². The van der Waals surface area contributed by atoms with Crippen molar-refractivity contribution >= 4 is 0 Å². The lowest BCUT2D eigenvalue weighted by molar-refractivity contribution is 0.268. The zero-order valence-electron chi connectivity index (χ0n) is 12.7. The summed E-state index contributed by atoms with van der Waals surface area (Å²) in [5.74, 6) is 0.872. The highest BCUT2D eigenvalue weighted by atomic mass is 16.5. The fourth-order valence-electron chi connectivity index (χ4n) is 1.70. The summed E-state index contributed by atoms with van der Waals surface area (Å²) < 4.78 is 5.71. The molecule has 0 aliphatic carbocycles. The average Bonchev–Trinajstić information content (AvgIpc) is 2.22. The van der Waals surface area contributed by atoms with Crippen molar-refractivity contribution in [3.05, 3.63) is 24.0 Å². The summed E-state index contributed by atoms with van der Waals surface area (Å²) in [5.41, 5.74) is 1.59. The lowest BCUT2D eigenvalue weighted by Gasteiger charge is -2.19. The first-order valence-electron chi connectivity index (χ1n) is 6.78. The van der Waals surface area contributed by atoms with Gasteiger partial charge in [-0.1, -0.05) is 41.5 Å². The molecule has 0 spiro atoms.